The van der Waals surface area contributed by atoms with Gasteiger partial charge < -0.3 is 0 Å². The van der Waals surface area contributed by atoms with E-state index in [9.17, 15) is 14.0 Å². The molecule has 0 aliphatic heterocycles. The Morgan fingerprint density at radius 3 is 0.867 bits per heavy atom. The number of halogens is 1. The standard InChI is InChI=1S/C19H17ClO4P.3C6H5.Au.Sb/c1-25(24-20(21,22)23,17-11-5-2-6-12-17,18-13-7-3-8-14-18)19-15-9-4-10-16-19;3*1-2-4-6-5-3-1;;/h2-16H,1H2;3*1-5H;;/q-1;;;;+1;. The van der Waals surface area contributed by atoms with Crippen molar-refractivity contribution in [2.75, 3.05) is 0 Å². The van der Waals surface area contributed by atoms with Crippen LogP contribution in [-0.2, 0) is 26.5 Å². The maximum absolute atomic E-state index is 11.8. The summed E-state index contributed by atoms with van der Waals surface area (Å²) in [7, 11) is -4.72. The third-order valence-electron chi connectivity index (χ3n) is 7.19. The molecule has 0 aliphatic rings. The molecule has 0 aliphatic carbocycles. The molecule has 0 bridgehead atoms. The van der Waals surface area contributed by atoms with Gasteiger partial charge in [-0.15, -0.1) is 0 Å². The molecule has 0 fully saturated rings. The Bertz CT molecular complexity index is 1540. The molecular formula is C37H32AuClO4PSb. The van der Waals surface area contributed by atoms with Crippen molar-refractivity contribution >= 4 is 53.5 Å². The van der Waals surface area contributed by atoms with Crippen molar-refractivity contribution in [3.05, 3.63) is 189 Å². The van der Waals surface area contributed by atoms with Gasteiger partial charge in [-0.2, -0.15) is 0 Å². The van der Waals surface area contributed by atoms with Crippen molar-refractivity contribution in [2.24, 2.45) is 0 Å². The Labute approximate surface area is 290 Å². The van der Waals surface area contributed by atoms with Crippen LogP contribution in [0.2, 0.25) is 0 Å². The van der Waals surface area contributed by atoms with Gasteiger partial charge in [0, 0.05) is 0 Å². The molecule has 232 valence electrons. The van der Waals surface area contributed by atoms with Crippen molar-refractivity contribution in [1.29, 1.82) is 0 Å². The molecule has 45 heavy (non-hydrogen) atoms. The minimum absolute atomic E-state index is 0. The van der Waals surface area contributed by atoms with E-state index in [4.69, 9.17) is 4.08 Å². The first-order valence-electron chi connectivity index (χ1n) is 13.9. The third-order valence-corrected chi connectivity index (χ3v) is 20.2. The van der Waals surface area contributed by atoms with Crippen LogP contribution in [-0.4, -0.2) is 20.2 Å². The molecule has 8 heteroatoms. The predicted octanol–water partition coefficient (Wildman–Crippen LogP) is 2.34. The SMILES string of the molecule is [Au+].[CH2-]P(O[Cl+3]([O-])([O-])[O-])(c1ccccc1)(c1ccccc1)c1ccccc1.c1cc[c]([Sb]([c]2ccccc2)[c]2ccccc2)cc1. The van der Waals surface area contributed by atoms with E-state index in [1.165, 1.54) is 10.5 Å². The second kappa shape index (κ2) is 15.8. The van der Waals surface area contributed by atoms with Crippen LogP contribution in [0.4, 0.5) is 0 Å². The van der Waals surface area contributed by atoms with Gasteiger partial charge in [0.2, 0.25) is 0 Å². The molecule has 0 N–H and O–H groups in total. The summed E-state index contributed by atoms with van der Waals surface area (Å²) >= 11 is -1.83. The number of hydrogen-bond acceptors (Lipinski definition) is 4. The Balaban J connectivity index is 0.000000207. The van der Waals surface area contributed by atoms with Crippen LogP contribution in [0, 0.1) is 16.9 Å². The summed E-state index contributed by atoms with van der Waals surface area (Å²) in [6.07, 6.45) is 0. The van der Waals surface area contributed by atoms with Crippen LogP contribution in [0.5, 0.6) is 0 Å². The van der Waals surface area contributed by atoms with Gasteiger partial charge in [0.05, 0.1) is 0 Å². The summed E-state index contributed by atoms with van der Waals surface area (Å²) in [6, 6.07) is 59.4. The normalized spacial score (nSPS) is 12.2. The van der Waals surface area contributed by atoms with Crippen molar-refractivity contribution in [3.8, 4) is 0 Å². The van der Waals surface area contributed by atoms with Gasteiger partial charge in [-0.3, -0.25) is 0 Å². The molecule has 4 nitrogen and oxygen atoms in total. The van der Waals surface area contributed by atoms with Gasteiger partial charge in [-0.05, 0) is 0 Å². The third kappa shape index (κ3) is 8.24. The van der Waals surface area contributed by atoms with Gasteiger partial charge in [0.25, 0.3) is 0 Å². The van der Waals surface area contributed by atoms with Crippen LogP contribution in [0.3, 0.4) is 0 Å². The molecule has 0 saturated carbocycles. The fourth-order valence-corrected chi connectivity index (χ4v) is 17.5. The molecule has 0 saturated heterocycles. The van der Waals surface area contributed by atoms with E-state index in [1.807, 2.05) is 18.2 Å². The van der Waals surface area contributed by atoms with Crippen molar-refractivity contribution < 1.29 is 50.7 Å². The monoisotopic (exact) mass is 924 g/mol. The van der Waals surface area contributed by atoms with E-state index in [0.29, 0.717) is 15.9 Å². The first-order chi connectivity index (χ1) is 21.3. The zero-order valence-electron chi connectivity index (χ0n) is 24.2. The number of benzene rings is 6. The van der Waals surface area contributed by atoms with E-state index in [1.54, 1.807) is 72.8 Å². The van der Waals surface area contributed by atoms with Crippen LogP contribution >= 0.6 is 6.83 Å². The summed E-state index contributed by atoms with van der Waals surface area (Å²) in [5.41, 5.74) is 0. The molecular weight excluding hydrogens is 894 g/mol. The molecule has 0 radical (unpaired) electrons. The molecule has 0 heterocycles. The maximum atomic E-state index is 11.8. The fourth-order valence-electron chi connectivity index (χ4n) is 5.16. The molecule has 6 aromatic carbocycles. The zero-order valence-corrected chi connectivity index (χ0v) is 30.6. The Morgan fingerprint density at radius 1 is 0.422 bits per heavy atom. The van der Waals surface area contributed by atoms with Crippen LogP contribution in [0.15, 0.2) is 182 Å². The number of rotatable bonds is 8. The van der Waals surface area contributed by atoms with Gasteiger partial charge in [-0.25, -0.2) is 0 Å². The predicted molar refractivity (Wildman–Crippen MR) is 176 cm³/mol. The molecule has 0 amide bonds. The van der Waals surface area contributed by atoms with Crippen molar-refractivity contribution in [2.45, 2.75) is 0 Å². The van der Waals surface area contributed by atoms with Gasteiger partial charge in [-0.1, -0.05) is 0 Å². The van der Waals surface area contributed by atoms with Crippen molar-refractivity contribution in [1.82, 2.24) is 0 Å². The van der Waals surface area contributed by atoms with Gasteiger partial charge >= 0.3 is 293 Å². The summed E-state index contributed by atoms with van der Waals surface area (Å²) in [4.78, 5) is 0. The second-order valence-corrected chi connectivity index (χ2v) is 21.6. The molecule has 6 rings (SSSR count). The van der Waals surface area contributed by atoms with Gasteiger partial charge in [0.1, 0.15) is 0 Å². The second-order valence-electron chi connectivity index (χ2n) is 10.0. The Morgan fingerprint density at radius 2 is 0.644 bits per heavy atom. The average molecular weight is 926 g/mol. The van der Waals surface area contributed by atoms with E-state index in [-0.39, 0.29) is 22.4 Å². The quantitative estimate of drug-likeness (QED) is 0.134. The topological polar surface area (TPSA) is 78.4 Å². The molecule has 0 atom stereocenters. The zero-order chi connectivity index (χ0) is 30.9. The Kier molecular flexibility index (Phi) is 12.4. The fraction of sp³-hybridized carbons (Fsp3) is 0. The van der Waals surface area contributed by atoms with Crippen LogP contribution < -0.4 is 40.4 Å². The van der Waals surface area contributed by atoms with E-state index >= 15 is 0 Å². The summed E-state index contributed by atoms with van der Waals surface area (Å²) in [6.45, 7) is 0.0854. The van der Waals surface area contributed by atoms with E-state index < -0.39 is 37.3 Å². The van der Waals surface area contributed by atoms with Crippen LogP contribution in [0.1, 0.15) is 0 Å². The first kappa shape index (κ1) is 35.3. The molecule has 0 unspecified atom stereocenters. The van der Waals surface area contributed by atoms with Gasteiger partial charge in [0.15, 0.2) is 0 Å². The molecule has 6 aromatic rings. The van der Waals surface area contributed by atoms with E-state index in [2.05, 4.69) is 97.7 Å². The Hall–Kier alpha value is -2.56. The number of hydrogen-bond donors (Lipinski definition) is 0. The summed E-state index contributed by atoms with van der Waals surface area (Å²) < 4.78 is 45.2. The average Bonchev–Trinajstić information content (AvgIpc) is 3.07. The first-order valence-corrected chi connectivity index (χ1v) is 21.3. The van der Waals surface area contributed by atoms with Crippen LogP contribution in [0.25, 0.3) is 0 Å². The molecule has 0 aromatic heterocycles. The molecule has 0 spiro atoms. The summed E-state index contributed by atoms with van der Waals surface area (Å²) in [5, 5.41) is 1.66. The summed E-state index contributed by atoms with van der Waals surface area (Å²) in [5.74, 6) is 0. The minimum atomic E-state index is -4.72. The van der Waals surface area contributed by atoms with E-state index in [0.717, 1.165) is 0 Å². The van der Waals surface area contributed by atoms with Crippen molar-refractivity contribution in [3.63, 3.8) is 0 Å².